The van der Waals surface area contributed by atoms with E-state index in [2.05, 4.69) is 0 Å². The summed E-state index contributed by atoms with van der Waals surface area (Å²) in [6, 6.07) is 8.02. The fourth-order valence-corrected chi connectivity index (χ4v) is 2.26. The molecule has 4 nitrogen and oxygen atoms in total. The van der Waals surface area contributed by atoms with Gasteiger partial charge in [0.1, 0.15) is 0 Å². The van der Waals surface area contributed by atoms with Crippen molar-refractivity contribution in [2.45, 2.75) is 10.8 Å². The largest absolute Gasteiger partial charge is 0.238 e. The van der Waals surface area contributed by atoms with Gasteiger partial charge in [-0.1, -0.05) is 18.2 Å². The van der Waals surface area contributed by atoms with E-state index in [0.29, 0.717) is 5.56 Å². The normalized spacial score (nSPS) is 13.1. The number of halogens is 1. The smallest absolute Gasteiger partial charge is 0.225 e. The van der Waals surface area contributed by atoms with Crippen molar-refractivity contribution in [3.8, 4) is 6.07 Å². The van der Waals surface area contributed by atoms with Gasteiger partial charge in [0.15, 0.2) is 0 Å². The Morgan fingerprint density at radius 2 is 2.07 bits per heavy atom. The predicted octanol–water partition coefficient (Wildman–Crippen LogP) is 1.18. The van der Waals surface area contributed by atoms with Crippen LogP contribution in [0, 0.1) is 11.3 Å². The first-order valence-electron chi connectivity index (χ1n) is 4.08. The first-order valence-corrected chi connectivity index (χ1v) is 6.16. The molecule has 0 amide bonds. The van der Waals surface area contributed by atoms with Crippen molar-refractivity contribution in [1.29, 1.82) is 5.26 Å². The summed E-state index contributed by atoms with van der Waals surface area (Å²) in [6.45, 7) is 0. The molecule has 1 aromatic rings. The average molecular weight is 245 g/mol. The summed E-state index contributed by atoms with van der Waals surface area (Å²) in [6.07, 6.45) is 0. The first-order chi connectivity index (χ1) is 7.00. The molecule has 6 heteroatoms. The van der Waals surface area contributed by atoms with Crippen LogP contribution in [0.25, 0.3) is 0 Å². The van der Waals surface area contributed by atoms with Crippen LogP contribution in [0.3, 0.4) is 0 Å². The summed E-state index contributed by atoms with van der Waals surface area (Å²) >= 11 is 5.57. The van der Waals surface area contributed by atoms with Crippen molar-refractivity contribution in [2.24, 2.45) is 5.14 Å². The molecule has 0 radical (unpaired) electrons. The van der Waals surface area contributed by atoms with Crippen LogP contribution < -0.4 is 5.14 Å². The molecule has 0 heterocycles. The first kappa shape index (κ1) is 12.0. The van der Waals surface area contributed by atoms with Gasteiger partial charge >= 0.3 is 0 Å². The molecule has 0 aliphatic rings. The molecule has 0 spiro atoms. The van der Waals surface area contributed by atoms with Gasteiger partial charge in [0.25, 0.3) is 0 Å². The highest BCUT2D eigenvalue weighted by Gasteiger charge is 2.19. The molecule has 0 aliphatic heterocycles. The molecule has 1 rings (SSSR count). The highest BCUT2D eigenvalue weighted by atomic mass is 35.5. The lowest BCUT2D eigenvalue weighted by Gasteiger charge is -2.09. The van der Waals surface area contributed by atoms with Gasteiger partial charge in [0, 0.05) is 5.88 Å². The molecule has 0 fully saturated rings. The van der Waals surface area contributed by atoms with E-state index in [9.17, 15) is 8.42 Å². The maximum atomic E-state index is 11.2. The molecule has 1 unspecified atom stereocenters. The standard InChI is InChI=1S/C9H9ClN2O2S/c10-5-7(6-11)8-3-1-2-4-9(8)15(12,13)14/h1-4,7H,5H2,(H2,12,13,14). The van der Waals surface area contributed by atoms with E-state index in [1.165, 1.54) is 12.1 Å². The van der Waals surface area contributed by atoms with Crippen molar-refractivity contribution >= 4 is 21.6 Å². The van der Waals surface area contributed by atoms with Crippen LogP contribution in [-0.2, 0) is 10.0 Å². The SMILES string of the molecule is N#CC(CCl)c1ccccc1S(N)(=O)=O. The van der Waals surface area contributed by atoms with Crippen LogP contribution in [0.1, 0.15) is 11.5 Å². The third-order valence-corrected chi connectivity index (χ3v) is 3.20. The Morgan fingerprint density at radius 1 is 1.47 bits per heavy atom. The van der Waals surface area contributed by atoms with E-state index in [-0.39, 0.29) is 10.8 Å². The monoisotopic (exact) mass is 244 g/mol. The minimum absolute atomic E-state index is 0.0308. The number of primary sulfonamides is 1. The van der Waals surface area contributed by atoms with Gasteiger partial charge in [-0.15, -0.1) is 11.6 Å². The number of nitriles is 1. The molecule has 0 aromatic heterocycles. The lowest BCUT2D eigenvalue weighted by atomic mass is 10.0. The minimum Gasteiger partial charge on any atom is -0.225 e. The van der Waals surface area contributed by atoms with Crippen molar-refractivity contribution in [3.63, 3.8) is 0 Å². The van der Waals surface area contributed by atoms with Crippen LogP contribution in [0.5, 0.6) is 0 Å². The van der Waals surface area contributed by atoms with Crippen LogP contribution in [-0.4, -0.2) is 14.3 Å². The fourth-order valence-electron chi connectivity index (χ4n) is 1.21. The zero-order chi connectivity index (χ0) is 11.5. The quantitative estimate of drug-likeness (QED) is 0.811. The Hall–Kier alpha value is -1.09. The lowest BCUT2D eigenvalue weighted by Crippen LogP contribution is -2.16. The highest BCUT2D eigenvalue weighted by Crippen LogP contribution is 2.23. The van der Waals surface area contributed by atoms with Crippen molar-refractivity contribution in [1.82, 2.24) is 0 Å². The van der Waals surface area contributed by atoms with Crippen LogP contribution in [0.2, 0.25) is 0 Å². The Labute approximate surface area is 93.3 Å². The second-order valence-corrected chi connectivity index (χ2v) is 4.76. The van der Waals surface area contributed by atoms with Crippen LogP contribution in [0.4, 0.5) is 0 Å². The van der Waals surface area contributed by atoms with E-state index >= 15 is 0 Å². The van der Waals surface area contributed by atoms with E-state index in [4.69, 9.17) is 22.0 Å². The molecule has 0 saturated heterocycles. The fraction of sp³-hybridized carbons (Fsp3) is 0.222. The maximum absolute atomic E-state index is 11.2. The molecule has 2 N–H and O–H groups in total. The maximum Gasteiger partial charge on any atom is 0.238 e. The second-order valence-electron chi connectivity index (χ2n) is 2.92. The molecule has 80 valence electrons. The third-order valence-electron chi connectivity index (χ3n) is 1.91. The van der Waals surface area contributed by atoms with Gasteiger partial charge in [-0.2, -0.15) is 5.26 Å². The number of hydrogen-bond donors (Lipinski definition) is 1. The Balaban J connectivity index is 3.38. The van der Waals surface area contributed by atoms with Crippen LogP contribution in [0.15, 0.2) is 29.2 Å². The molecular weight excluding hydrogens is 236 g/mol. The highest BCUT2D eigenvalue weighted by molar-refractivity contribution is 7.89. The molecule has 1 atom stereocenters. The summed E-state index contributed by atoms with van der Waals surface area (Å²) in [4.78, 5) is -0.0443. The van der Waals surface area contributed by atoms with E-state index in [1.807, 2.05) is 6.07 Å². The van der Waals surface area contributed by atoms with E-state index < -0.39 is 15.9 Å². The zero-order valence-corrected chi connectivity index (χ0v) is 9.29. The molecule has 1 aromatic carbocycles. The van der Waals surface area contributed by atoms with Gasteiger partial charge in [-0.3, -0.25) is 0 Å². The number of sulfonamides is 1. The van der Waals surface area contributed by atoms with Gasteiger partial charge in [0.05, 0.1) is 16.9 Å². The molecule has 0 aliphatic carbocycles. The summed E-state index contributed by atoms with van der Waals surface area (Å²) in [7, 11) is -3.81. The van der Waals surface area contributed by atoms with E-state index in [0.717, 1.165) is 0 Å². The zero-order valence-electron chi connectivity index (χ0n) is 7.72. The summed E-state index contributed by atoms with van der Waals surface area (Å²) < 4.78 is 22.4. The summed E-state index contributed by atoms with van der Waals surface area (Å²) in [5.41, 5.74) is 0.345. The van der Waals surface area contributed by atoms with Gasteiger partial charge in [-0.25, -0.2) is 13.6 Å². The van der Waals surface area contributed by atoms with Crippen molar-refractivity contribution < 1.29 is 8.42 Å². The van der Waals surface area contributed by atoms with Crippen LogP contribution >= 0.6 is 11.6 Å². The Kier molecular flexibility index (Phi) is 3.69. The molecule has 15 heavy (non-hydrogen) atoms. The topological polar surface area (TPSA) is 83.9 Å². The number of alkyl halides is 1. The molecular formula is C9H9ClN2O2S. The second kappa shape index (κ2) is 4.62. The summed E-state index contributed by atoms with van der Waals surface area (Å²) in [5, 5.41) is 13.8. The van der Waals surface area contributed by atoms with E-state index in [1.54, 1.807) is 12.1 Å². The summed E-state index contributed by atoms with van der Waals surface area (Å²) in [5.74, 6) is -0.635. The number of hydrogen-bond acceptors (Lipinski definition) is 3. The number of rotatable bonds is 3. The number of nitrogens with zero attached hydrogens (tertiary/aromatic N) is 1. The number of benzene rings is 1. The molecule has 0 bridgehead atoms. The predicted molar refractivity (Wildman–Crippen MR) is 56.9 cm³/mol. The van der Waals surface area contributed by atoms with Gasteiger partial charge in [0.2, 0.25) is 10.0 Å². The van der Waals surface area contributed by atoms with Gasteiger partial charge in [-0.05, 0) is 11.6 Å². The minimum atomic E-state index is -3.81. The Morgan fingerprint density at radius 3 is 2.53 bits per heavy atom. The van der Waals surface area contributed by atoms with Gasteiger partial charge < -0.3 is 0 Å². The molecule has 0 saturated carbocycles. The Bertz CT molecular complexity index is 493. The third kappa shape index (κ3) is 2.69. The number of nitrogens with two attached hydrogens (primary N) is 1. The van der Waals surface area contributed by atoms with Crippen molar-refractivity contribution in [3.05, 3.63) is 29.8 Å². The average Bonchev–Trinajstić information content (AvgIpc) is 2.19. The lowest BCUT2D eigenvalue weighted by molar-refractivity contribution is 0.596. The van der Waals surface area contributed by atoms with Crippen molar-refractivity contribution in [2.75, 3.05) is 5.88 Å².